The largest absolute Gasteiger partial charge is 0.372 e. The van der Waals surface area contributed by atoms with E-state index in [0.29, 0.717) is 0 Å². The zero-order valence-electron chi connectivity index (χ0n) is 17.1. The van der Waals surface area contributed by atoms with E-state index in [9.17, 15) is 4.79 Å². The molecular weight excluding hydrogens is 380 g/mol. The zero-order valence-corrected chi connectivity index (χ0v) is 17.9. The Morgan fingerprint density at radius 1 is 1.14 bits per heavy atom. The summed E-state index contributed by atoms with van der Waals surface area (Å²) in [7, 11) is 0. The Hall–Kier alpha value is -2.86. The van der Waals surface area contributed by atoms with E-state index in [2.05, 4.69) is 59.4 Å². The fourth-order valence-electron chi connectivity index (χ4n) is 3.10. The number of para-hydroxylation sites is 1. The molecule has 1 amide bonds. The SMILES string of the molecule is CCN(CC)c1ccc(/C=N\NC(=O)CSc2cc(C)c3ccccc3n2)cc1. The van der Waals surface area contributed by atoms with E-state index in [1.807, 2.05) is 36.4 Å². The van der Waals surface area contributed by atoms with Gasteiger partial charge in [0.05, 0.1) is 22.5 Å². The number of hydrogen-bond donors (Lipinski definition) is 1. The first-order chi connectivity index (χ1) is 14.1. The van der Waals surface area contributed by atoms with Crippen LogP contribution in [0.2, 0.25) is 0 Å². The Bertz CT molecular complexity index is 997. The van der Waals surface area contributed by atoms with Crippen LogP contribution in [0.4, 0.5) is 5.69 Å². The van der Waals surface area contributed by atoms with E-state index in [1.165, 1.54) is 17.4 Å². The van der Waals surface area contributed by atoms with E-state index in [1.54, 1.807) is 6.21 Å². The van der Waals surface area contributed by atoms with Crippen molar-refractivity contribution in [1.29, 1.82) is 0 Å². The minimum absolute atomic E-state index is 0.154. The maximum Gasteiger partial charge on any atom is 0.250 e. The van der Waals surface area contributed by atoms with Crippen molar-refractivity contribution in [3.63, 3.8) is 0 Å². The Labute approximate surface area is 176 Å². The van der Waals surface area contributed by atoms with Crippen molar-refractivity contribution in [2.45, 2.75) is 25.8 Å². The lowest BCUT2D eigenvalue weighted by Crippen LogP contribution is -2.21. The van der Waals surface area contributed by atoms with Crippen LogP contribution in [0.5, 0.6) is 0 Å². The van der Waals surface area contributed by atoms with Gasteiger partial charge in [-0.3, -0.25) is 4.79 Å². The fourth-order valence-corrected chi connectivity index (χ4v) is 3.87. The predicted octanol–water partition coefficient (Wildman–Crippen LogP) is 4.63. The van der Waals surface area contributed by atoms with E-state index in [4.69, 9.17) is 0 Å². The number of hydrazone groups is 1. The summed E-state index contributed by atoms with van der Waals surface area (Å²) in [5.74, 6) is 0.113. The molecule has 0 unspecified atom stereocenters. The van der Waals surface area contributed by atoms with Gasteiger partial charge in [0.1, 0.15) is 0 Å². The van der Waals surface area contributed by atoms with Crippen molar-refractivity contribution in [3.8, 4) is 0 Å². The maximum absolute atomic E-state index is 12.1. The van der Waals surface area contributed by atoms with Gasteiger partial charge in [0.15, 0.2) is 0 Å². The van der Waals surface area contributed by atoms with Crippen LogP contribution in [0.25, 0.3) is 10.9 Å². The van der Waals surface area contributed by atoms with Crippen molar-refractivity contribution in [1.82, 2.24) is 10.4 Å². The lowest BCUT2D eigenvalue weighted by molar-refractivity contribution is -0.118. The van der Waals surface area contributed by atoms with Gasteiger partial charge in [-0.25, -0.2) is 10.4 Å². The van der Waals surface area contributed by atoms with Crippen LogP contribution in [0.15, 0.2) is 64.7 Å². The molecule has 0 aliphatic heterocycles. The molecule has 0 saturated heterocycles. The van der Waals surface area contributed by atoms with Crippen molar-refractivity contribution >= 4 is 40.5 Å². The number of carbonyl (C=O) groups excluding carboxylic acids is 1. The number of anilines is 1. The minimum atomic E-state index is -0.154. The molecule has 2 aromatic carbocycles. The summed E-state index contributed by atoms with van der Waals surface area (Å²) in [6, 6.07) is 18.2. The molecule has 0 aliphatic carbocycles. The molecule has 0 atom stereocenters. The summed E-state index contributed by atoms with van der Waals surface area (Å²) in [5, 5.41) is 6.04. The van der Waals surface area contributed by atoms with Crippen LogP contribution in [0.1, 0.15) is 25.0 Å². The number of hydrogen-bond acceptors (Lipinski definition) is 5. The molecule has 3 aromatic rings. The van der Waals surface area contributed by atoms with Crippen LogP contribution in [-0.2, 0) is 4.79 Å². The number of carbonyl (C=O) groups is 1. The highest BCUT2D eigenvalue weighted by Crippen LogP contribution is 2.23. The van der Waals surface area contributed by atoms with E-state index in [0.717, 1.165) is 40.1 Å². The van der Waals surface area contributed by atoms with Crippen LogP contribution in [0, 0.1) is 6.92 Å². The van der Waals surface area contributed by atoms with Crippen LogP contribution < -0.4 is 10.3 Å². The lowest BCUT2D eigenvalue weighted by atomic mass is 10.1. The molecule has 0 radical (unpaired) electrons. The zero-order chi connectivity index (χ0) is 20.6. The summed E-state index contributed by atoms with van der Waals surface area (Å²) in [4.78, 5) is 19.0. The monoisotopic (exact) mass is 406 g/mol. The van der Waals surface area contributed by atoms with Gasteiger partial charge in [-0.15, -0.1) is 0 Å². The molecule has 3 rings (SSSR count). The smallest absolute Gasteiger partial charge is 0.250 e. The number of aryl methyl sites for hydroxylation is 1. The van der Waals surface area contributed by atoms with Gasteiger partial charge in [0, 0.05) is 24.2 Å². The molecule has 150 valence electrons. The number of aromatic nitrogens is 1. The number of benzene rings is 2. The van der Waals surface area contributed by atoms with Gasteiger partial charge >= 0.3 is 0 Å². The summed E-state index contributed by atoms with van der Waals surface area (Å²) >= 11 is 1.41. The summed E-state index contributed by atoms with van der Waals surface area (Å²) < 4.78 is 0. The first-order valence-electron chi connectivity index (χ1n) is 9.76. The topological polar surface area (TPSA) is 57.6 Å². The maximum atomic E-state index is 12.1. The highest BCUT2D eigenvalue weighted by Gasteiger charge is 2.06. The number of pyridine rings is 1. The summed E-state index contributed by atoms with van der Waals surface area (Å²) in [5.41, 5.74) is 6.82. The second kappa shape index (κ2) is 10.1. The van der Waals surface area contributed by atoms with E-state index >= 15 is 0 Å². The molecule has 1 heterocycles. The van der Waals surface area contributed by atoms with Crippen molar-refractivity contribution < 1.29 is 4.79 Å². The third-order valence-electron chi connectivity index (χ3n) is 4.68. The molecule has 0 spiro atoms. The van der Waals surface area contributed by atoms with Crippen LogP contribution in [0.3, 0.4) is 0 Å². The average molecular weight is 407 g/mol. The summed E-state index contributed by atoms with van der Waals surface area (Å²) in [6.45, 7) is 8.29. The highest BCUT2D eigenvalue weighted by atomic mass is 32.2. The molecule has 5 nitrogen and oxygen atoms in total. The Kier molecular flexibility index (Phi) is 7.25. The van der Waals surface area contributed by atoms with Crippen LogP contribution in [-0.4, -0.2) is 35.9 Å². The number of amides is 1. The molecule has 1 aromatic heterocycles. The standard InChI is InChI=1S/C23H26N4OS/c1-4-27(5-2)19-12-10-18(11-13-19)15-24-26-22(28)16-29-23-14-17(3)20-8-6-7-9-21(20)25-23/h6-15H,4-5,16H2,1-3H3,(H,26,28)/b24-15-. The fraction of sp³-hybridized carbons (Fsp3) is 0.261. The summed E-state index contributed by atoms with van der Waals surface area (Å²) in [6.07, 6.45) is 1.66. The van der Waals surface area contributed by atoms with Gasteiger partial charge in [0.25, 0.3) is 0 Å². The normalized spacial score (nSPS) is 11.1. The van der Waals surface area contributed by atoms with Gasteiger partial charge in [-0.1, -0.05) is 42.1 Å². The first kappa shape index (κ1) is 20.9. The van der Waals surface area contributed by atoms with Crippen LogP contribution >= 0.6 is 11.8 Å². The average Bonchev–Trinajstić information content (AvgIpc) is 2.74. The third kappa shape index (κ3) is 5.57. The van der Waals surface area contributed by atoms with Gasteiger partial charge in [-0.2, -0.15) is 5.10 Å². The Morgan fingerprint density at radius 2 is 1.86 bits per heavy atom. The molecule has 0 aliphatic rings. The second-order valence-corrected chi connectivity index (χ2v) is 7.64. The number of nitrogens with zero attached hydrogens (tertiary/aromatic N) is 3. The van der Waals surface area contributed by atoms with E-state index in [-0.39, 0.29) is 11.7 Å². The Morgan fingerprint density at radius 3 is 2.59 bits per heavy atom. The van der Waals surface area contributed by atoms with Crippen molar-refractivity contribution in [2.75, 3.05) is 23.7 Å². The number of rotatable bonds is 8. The second-order valence-electron chi connectivity index (χ2n) is 6.64. The lowest BCUT2D eigenvalue weighted by Gasteiger charge is -2.20. The van der Waals surface area contributed by atoms with Crippen molar-refractivity contribution in [2.24, 2.45) is 5.10 Å². The Balaban J connectivity index is 1.52. The molecule has 0 fully saturated rings. The molecule has 29 heavy (non-hydrogen) atoms. The minimum Gasteiger partial charge on any atom is -0.372 e. The predicted molar refractivity (Wildman–Crippen MR) is 123 cm³/mol. The highest BCUT2D eigenvalue weighted by molar-refractivity contribution is 7.99. The van der Waals surface area contributed by atoms with Crippen molar-refractivity contribution in [3.05, 3.63) is 65.7 Å². The van der Waals surface area contributed by atoms with E-state index < -0.39 is 0 Å². The van der Waals surface area contributed by atoms with Gasteiger partial charge in [0.2, 0.25) is 5.91 Å². The van der Waals surface area contributed by atoms with Gasteiger partial charge < -0.3 is 4.90 Å². The third-order valence-corrected chi connectivity index (χ3v) is 5.59. The molecule has 1 N–H and O–H groups in total. The number of fused-ring (bicyclic) bond motifs is 1. The number of thioether (sulfide) groups is 1. The molecule has 0 bridgehead atoms. The molecule has 0 saturated carbocycles. The first-order valence-corrected chi connectivity index (χ1v) is 10.8. The molecular formula is C23H26N4OS. The molecule has 6 heteroatoms. The van der Waals surface area contributed by atoms with Gasteiger partial charge in [-0.05, 0) is 56.2 Å². The quantitative estimate of drug-likeness (QED) is 0.337. The number of nitrogens with one attached hydrogen (secondary N) is 1.